The molecule has 0 aliphatic rings. The number of thiophene rings is 1. The summed E-state index contributed by atoms with van der Waals surface area (Å²) in [6.07, 6.45) is 1.57. The third-order valence-corrected chi connectivity index (χ3v) is 5.53. The molecule has 156 valence electrons. The van der Waals surface area contributed by atoms with Crippen molar-refractivity contribution in [2.75, 3.05) is 7.11 Å². The number of nitrogens with zero attached hydrogens (tertiary/aromatic N) is 3. The number of methoxy groups -OCH3 is 1. The molecular weight excluding hydrogens is 416 g/mol. The summed E-state index contributed by atoms with van der Waals surface area (Å²) in [6.45, 7) is 0.474. The molecule has 0 spiro atoms. The fourth-order valence-corrected chi connectivity index (χ4v) is 3.72. The fourth-order valence-electron chi connectivity index (χ4n) is 3.08. The highest BCUT2D eigenvalue weighted by Gasteiger charge is 2.16. The van der Waals surface area contributed by atoms with Gasteiger partial charge in [-0.25, -0.2) is 4.68 Å². The smallest absolute Gasteiger partial charge is 0.280 e. The van der Waals surface area contributed by atoms with Crippen molar-refractivity contribution in [1.82, 2.24) is 9.78 Å². The summed E-state index contributed by atoms with van der Waals surface area (Å²) < 4.78 is 6.57. The molecule has 8 nitrogen and oxygen atoms in total. The molecule has 0 amide bonds. The van der Waals surface area contributed by atoms with Gasteiger partial charge in [0.05, 0.1) is 35.5 Å². The minimum Gasteiger partial charge on any atom is -0.497 e. The highest BCUT2D eigenvalue weighted by molar-refractivity contribution is 7.09. The van der Waals surface area contributed by atoms with E-state index in [1.165, 1.54) is 28.9 Å². The number of rotatable bonds is 7. The average Bonchev–Trinajstić information content (AvgIpc) is 3.42. The van der Waals surface area contributed by atoms with Crippen molar-refractivity contribution in [2.45, 2.75) is 6.54 Å². The lowest BCUT2D eigenvalue weighted by Crippen LogP contribution is -2.17. The molecule has 0 fully saturated rings. The van der Waals surface area contributed by atoms with Gasteiger partial charge in [0.2, 0.25) is 0 Å². The third kappa shape index (κ3) is 4.31. The maximum atomic E-state index is 13.2. The van der Waals surface area contributed by atoms with Gasteiger partial charge in [0.25, 0.3) is 11.2 Å². The molecule has 2 heterocycles. The lowest BCUT2D eigenvalue weighted by molar-refractivity contribution is -0.384. The Morgan fingerprint density at radius 3 is 2.52 bits per heavy atom. The van der Waals surface area contributed by atoms with Crippen LogP contribution in [0.4, 0.5) is 5.69 Å². The molecule has 2 aromatic heterocycles. The maximum Gasteiger partial charge on any atom is 0.280 e. The number of nitro groups is 1. The standard InChI is InChI=1S/C22H18N4O4S/c1-30-18-10-4-15(5-11-18)21-20(14-23-13-19-3-2-12-31-19)22(27)25(24-21)16-6-8-17(9-7-16)26(28)29/h2-12,14,24H,13H2,1H3. The van der Waals surface area contributed by atoms with Gasteiger partial charge in [-0.05, 0) is 47.8 Å². The maximum absolute atomic E-state index is 13.2. The molecule has 1 N–H and O–H groups in total. The largest absolute Gasteiger partial charge is 0.497 e. The number of benzene rings is 2. The average molecular weight is 434 g/mol. The molecule has 0 bridgehead atoms. The van der Waals surface area contributed by atoms with Crippen molar-refractivity contribution in [3.05, 3.63) is 97.0 Å². The van der Waals surface area contributed by atoms with E-state index in [1.54, 1.807) is 24.7 Å². The summed E-state index contributed by atoms with van der Waals surface area (Å²) in [7, 11) is 1.59. The third-order valence-electron chi connectivity index (χ3n) is 4.67. The molecule has 2 aromatic carbocycles. The van der Waals surface area contributed by atoms with Crippen molar-refractivity contribution in [3.8, 4) is 22.7 Å². The SMILES string of the molecule is COc1ccc(-c2[nH]n(-c3ccc([N+](=O)[O-])cc3)c(=O)c2C=NCc2cccs2)cc1. The lowest BCUT2D eigenvalue weighted by Gasteiger charge is -2.04. The second kappa shape index (κ2) is 8.80. The van der Waals surface area contributed by atoms with Crippen LogP contribution in [-0.2, 0) is 6.54 Å². The number of aromatic nitrogens is 2. The molecule has 4 aromatic rings. The lowest BCUT2D eigenvalue weighted by atomic mass is 10.1. The van der Waals surface area contributed by atoms with Crippen molar-refractivity contribution in [1.29, 1.82) is 0 Å². The second-order valence-electron chi connectivity index (χ2n) is 6.59. The zero-order chi connectivity index (χ0) is 21.8. The number of hydrogen-bond donors (Lipinski definition) is 1. The van der Waals surface area contributed by atoms with Gasteiger partial charge < -0.3 is 4.74 Å². The first-order chi connectivity index (χ1) is 15.1. The molecule has 0 saturated heterocycles. The van der Waals surface area contributed by atoms with Gasteiger partial charge >= 0.3 is 0 Å². The fraction of sp³-hybridized carbons (Fsp3) is 0.0909. The predicted molar refractivity (Wildman–Crippen MR) is 121 cm³/mol. The number of nitrogens with one attached hydrogen (secondary N) is 1. The van der Waals surface area contributed by atoms with Crippen LogP contribution in [0.3, 0.4) is 0 Å². The summed E-state index contributed by atoms with van der Waals surface area (Å²) in [5.41, 5.74) is 1.94. The monoisotopic (exact) mass is 434 g/mol. The van der Waals surface area contributed by atoms with Crippen molar-refractivity contribution < 1.29 is 9.66 Å². The Morgan fingerprint density at radius 1 is 1.16 bits per heavy atom. The van der Waals surface area contributed by atoms with Crippen LogP contribution >= 0.6 is 11.3 Å². The van der Waals surface area contributed by atoms with Crippen LogP contribution in [0.2, 0.25) is 0 Å². The van der Waals surface area contributed by atoms with E-state index >= 15 is 0 Å². The van der Waals surface area contributed by atoms with Crippen molar-refractivity contribution in [2.24, 2.45) is 4.99 Å². The van der Waals surface area contributed by atoms with Gasteiger partial charge in [0.1, 0.15) is 5.75 Å². The molecule has 0 aliphatic carbocycles. The minimum atomic E-state index is -0.479. The van der Waals surface area contributed by atoms with Crippen LogP contribution in [0.15, 0.2) is 75.8 Å². The van der Waals surface area contributed by atoms with Crippen LogP contribution in [0.25, 0.3) is 16.9 Å². The molecule has 9 heteroatoms. The van der Waals surface area contributed by atoms with E-state index in [9.17, 15) is 14.9 Å². The Hall–Kier alpha value is -3.98. The van der Waals surface area contributed by atoms with Crippen molar-refractivity contribution in [3.63, 3.8) is 0 Å². The van der Waals surface area contributed by atoms with E-state index in [4.69, 9.17) is 4.74 Å². The summed E-state index contributed by atoms with van der Waals surface area (Å²) in [6, 6.07) is 17.0. The first-order valence-corrected chi connectivity index (χ1v) is 10.2. The number of nitro benzene ring substituents is 1. The Morgan fingerprint density at radius 2 is 1.90 bits per heavy atom. The molecule has 0 saturated carbocycles. The van der Waals surface area contributed by atoms with E-state index in [0.29, 0.717) is 29.2 Å². The summed E-state index contributed by atoms with van der Waals surface area (Å²) in [5.74, 6) is 0.703. The van der Waals surface area contributed by atoms with E-state index in [1.807, 2.05) is 41.8 Å². The zero-order valence-electron chi connectivity index (χ0n) is 16.5. The van der Waals surface area contributed by atoms with Gasteiger partial charge in [-0.15, -0.1) is 11.3 Å². The van der Waals surface area contributed by atoms with Gasteiger partial charge in [-0.2, -0.15) is 0 Å². The molecule has 0 radical (unpaired) electrons. The van der Waals surface area contributed by atoms with Crippen LogP contribution in [-0.4, -0.2) is 28.0 Å². The molecular formula is C22H18N4O4S. The highest BCUT2D eigenvalue weighted by Crippen LogP contribution is 2.23. The minimum absolute atomic E-state index is 0.0449. The van der Waals surface area contributed by atoms with E-state index < -0.39 is 4.92 Å². The topological polar surface area (TPSA) is 103 Å². The Balaban J connectivity index is 1.77. The summed E-state index contributed by atoms with van der Waals surface area (Å²) in [5, 5.41) is 16.0. The van der Waals surface area contributed by atoms with Gasteiger partial charge in [-0.3, -0.25) is 25.0 Å². The molecule has 0 atom stereocenters. The Kier molecular flexibility index (Phi) is 5.76. The number of aliphatic imine (C=N–C) groups is 1. The number of ether oxygens (including phenoxy) is 1. The van der Waals surface area contributed by atoms with E-state index in [2.05, 4.69) is 10.1 Å². The van der Waals surface area contributed by atoms with Crippen LogP contribution < -0.4 is 10.3 Å². The molecule has 0 aliphatic heterocycles. The first kappa shape index (κ1) is 20.3. The Bertz CT molecular complexity index is 1270. The van der Waals surface area contributed by atoms with E-state index in [0.717, 1.165) is 10.4 Å². The van der Waals surface area contributed by atoms with E-state index in [-0.39, 0.29) is 11.2 Å². The second-order valence-corrected chi connectivity index (χ2v) is 7.62. The van der Waals surface area contributed by atoms with Gasteiger partial charge in [-0.1, -0.05) is 6.07 Å². The molecule has 4 rings (SSSR count). The Labute approximate surface area is 181 Å². The molecule has 31 heavy (non-hydrogen) atoms. The first-order valence-electron chi connectivity index (χ1n) is 9.33. The number of non-ortho nitro benzene ring substituents is 1. The highest BCUT2D eigenvalue weighted by atomic mass is 32.1. The normalized spacial score (nSPS) is 11.1. The van der Waals surface area contributed by atoms with Crippen molar-refractivity contribution >= 4 is 23.2 Å². The van der Waals surface area contributed by atoms with Crippen LogP contribution in [0, 0.1) is 10.1 Å². The molecule has 0 unspecified atom stereocenters. The van der Waals surface area contributed by atoms with Crippen LogP contribution in [0.1, 0.15) is 10.4 Å². The number of H-pyrrole nitrogens is 1. The van der Waals surface area contributed by atoms with Crippen LogP contribution in [0.5, 0.6) is 5.75 Å². The number of hydrogen-bond acceptors (Lipinski definition) is 6. The summed E-state index contributed by atoms with van der Waals surface area (Å²) >= 11 is 1.60. The quantitative estimate of drug-likeness (QED) is 0.264. The predicted octanol–water partition coefficient (Wildman–Crippen LogP) is 4.43. The summed E-state index contributed by atoms with van der Waals surface area (Å²) in [4.78, 5) is 29.2. The van der Waals surface area contributed by atoms with Gasteiger partial charge in [0, 0.05) is 28.8 Å². The van der Waals surface area contributed by atoms with Gasteiger partial charge in [0.15, 0.2) is 0 Å². The zero-order valence-corrected chi connectivity index (χ0v) is 17.3. The number of aromatic amines is 1.